The van der Waals surface area contributed by atoms with Crippen LogP contribution in [-0.2, 0) is 6.42 Å². The topological polar surface area (TPSA) is 38.9 Å². The van der Waals surface area contributed by atoms with Crippen LogP contribution in [0.4, 0.5) is 5.69 Å². The monoisotopic (exact) mass is 192 g/mol. The fourth-order valence-electron chi connectivity index (χ4n) is 1.70. The largest absolute Gasteiger partial charge is 0.398 e. The fraction of sp³-hybridized carbons (Fsp3) is 0.583. The van der Waals surface area contributed by atoms with Crippen molar-refractivity contribution in [3.8, 4) is 0 Å². The van der Waals surface area contributed by atoms with Gasteiger partial charge in [0, 0.05) is 18.1 Å². The van der Waals surface area contributed by atoms with E-state index in [2.05, 4.69) is 18.8 Å². The van der Waals surface area contributed by atoms with Crippen molar-refractivity contribution >= 4 is 5.69 Å². The van der Waals surface area contributed by atoms with Crippen LogP contribution in [0.3, 0.4) is 0 Å². The maximum absolute atomic E-state index is 5.85. The van der Waals surface area contributed by atoms with Crippen LogP contribution >= 0.6 is 0 Å². The summed E-state index contributed by atoms with van der Waals surface area (Å²) < 4.78 is 0. The molecule has 0 aromatic carbocycles. The molecule has 1 rings (SSSR count). The lowest BCUT2D eigenvalue weighted by atomic mass is 9.95. The highest BCUT2D eigenvalue weighted by atomic mass is 14.7. The smallest absolute Gasteiger partial charge is 0.0377 e. The van der Waals surface area contributed by atoms with Gasteiger partial charge in [0.15, 0.2) is 0 Å². The molecule has 0 atom stereocenters. The van der Waals surface area contributed by atoms with Gasteiger partial charge in [-0.2, -0.15) is 0 Å². The number of aromatic nitrogens is 1. The molecule has 0 saturated heterocycles. The van der Waals surface area contributed by atoms with E-state index in [4.69, 9.17) is 5.73 Å². The zero-order chi connectivity index (χ0) is 10.4. The van der Waals surface area contributed by atoms with Crippen LogP contribution in [0.2, 0.25) is 0 Å². The first kappa shape index (κ1) is 11.0. The van der Waals surface area contributed by atoms with Gasteiger partial charge in [0.05, 0.1) is 0 Å². The predicted molar refractivity (Wildman–Crippen MR) is 61.0 cm³/mol. The third-order valence-corrected chi connectivity index (χ3v) is 2.92. The molecule has 0 bridgehead atoms. The molecule has 0 unspecified atom stereocenters. The number of nitrogens with two attached hydrogens (primary N) is 1. The molecule has 14 heavy (non-hydrogen) atoms. The molecule has 2 nitrogen and oxygen atoms in total. The summed E-state index contributed by atoms with van der Waals surface area (Å²) in [6.07, 6.45) is 8.44. The lowest BCUT2D eigenvalue weighted by Crippen LogP contribution is -2.01. The number of aryl methyl sites for hydroxylation is 1. The van der Waals surface area contributed by atoms with Gasteiger partial charge in [-0.1, -0.05) is 26.7 Å². The van der Waals surface area contributed by atoms with E-state index >= 15 is 0 Å². The highest BCUT2D eigenvalue weighted by Gasteiger charge is 2.05. The molecule has 0 saturated carbocycles. The molecule has 0 aliphatic rings. The van der Waals surface area contributed by atoms with Crippen LogP contribution in [0.1, 0.15) is 38.7 Å². The molecule has 0 fully saturated rings. The number of rotatable bonds is 5. The molecule has 0 aliphatic heterocycles. The van der Waals surface area contributed by atoms with Gasteiger partial charge < -0.3 is 5.73 Å². The Balaban J connectivity index is 2.49. The standard InChI is InChI=1S/C12H20N2/c1-3-10(4-2)5-6-11-9-14-8-7-12(11)13/h7-10H,3-6H2,1-2H3,(H2,13,14). The molecule has 78 valence electrons. The van der Waals surface area contributed by atoms with E-state index in [0.29, 0.717) is 0 Å². The first-order chi connectivity index (χ1) is 6.77. The maximum Gasteiger partial charge on any atom is 0.0377 e. The molecule has 0 aliphatic carbocycles. The normalized spacial score (nSPS) is 10.8. The molecule has 1 heterocycles. The second-order valence-corrected chi connectivity index (χ2v) is 3.80. The Kier molecular flexibility index (Phi) is 4.44. The SMILES string of the molecule is CCC(CC)CCc1cnccc1N. The van der Waals surface area contributed by atoms with Crippen molar-refractivity contribution in [3.63, 3.8) is 0 Å². The summed E-state index contributed by atoms with van der Waals surface area (Å²) in [4.78, 5) is 4.10. The molecule has 1 aromatic heterocycles. The average molecular weight is 192 g/mol. The van der Waals surface area contributed by atoms with Gasteiger partial charge in [-0.25, -0.2) is 0 Å². The second-order valence-electron chi connectivity index (χ2n) is 3.80. The third kappa shape index (κ3) is 3.02. The van der Waals surface area contributed by atoms with Crippen LogP contribution in [0.5, 0.6) is 0 Å². The number of hydrogen-bond acceptors (Lipinski definition) is 2. The van der Waals surface area contributed by atoms with Gasteiger partial charge in [0.2, 0.25) is 0 Å². The molecule has 0 radical (unpaired) electrons. The van der Waals surface area contributed by atoms with Gasteiger partial charge in [0.1, 0.15) is 0 Å². The minimum Gasteiger partial charge on any atom is -0.398 e. The molecule has 0 amide bonds. The number of pyridine rings is 1. The summed E-state index contributed by atoms with van der Waals surface area (Å²) >= 11 is 0. The van der Waals surface area contributed by atoms with E-state index in [-0.39, 0.29) is 0 Å². The zero-order valence-corrected chi connectivity index (χ0v) is 9.16. The fourth-order valence-corrected chi connectivity index (χ4v) is 1.70. The molecule has 2 heteroatoms. The van der Waals surface area contributed by atoms with Crippen molar-refractivity contribution in [3.05, 3.63) is 24.0 Å². The minimum absolute atomic E-state index is 0.828. The van der Waals surface area contributed by atoms with E-state index in [0.717, 1.165) is 18.0 Å². The lowest BCUT2D eigenvalue weighted by Gasteiger charge is -2.12. The second kappa shape index (κ2) is 5.63. The molecular weight excluding hydrogens is 172 g/mol. The Morgan fingerprint density at radius 3 is 2.64 bits per heavy atom. The van der Waals surface area contributed by atoms with Crippen LogP contribution in [-0.4, -0.2) is 4.98 Å². The van der Waals surface area contributed by atoms with E-state index in [1.165, 1.54) is 24.8 Å². The Hall–Kier alpha value is -1.05. The minimum atomic E-state index is 0.828. The highest BCUT2D eigenvalue weighted by Crippen LogP contribution is 2.18. The summed E-state index contributed by atoms with van der Waals surface area (Å²) in [5, 5.41) is 0. The van der Waals surface area contributed by atoms with Gasteiger partial charge in [-0.05, 0) is 30.4 Å². The summed E-state index contributed by atoms with van der Waals surface area (Å²) in [6.45, 7) is 4.50. The van der Waals surface area contributed by atoms with Gasteiger partial charge >= 0.3 is 0 Å². The molecule has 0 spiro atoms. The third-order valence-electron chi connectivity index (χ3n) is 2.92. The molecule has 2 N–H and O–H groups in total. The van der Waals surface area contributed by atoms with Gasteiger partial charge in [-0.3, -0.25) is 4.98 Å². The van der Waals surface area contributed by atoms with Crippen molar-refractivity contribution in [1.82, 2.24) is 4.98 Å². The van der Waals surface area contributed by atoms with Crippen molar-refractivity contribution < 1.29 is 0 Å². The molecule has 1 aromatic rings. The Bertz CT molecular complexity index is 267. The van der Waals surface area contributed by atoms with Crippen molar-refractivity contribution in [2.45, 2.75) is 39.5 Å². The molecular formula is C12H20N2. The van der Waals surface area contributed by atoms with Crippen LogP contribution in [0.15, 0.2) is 18.5 Å². The number of nitrogens with zero attached hydrogens (tertiary/aromatic N) is 1. The quantitative estimate of drug-likeness (QED) is 0.778. The Labute approximate surface area is 86.5 Å². The average Bonchev–Trinajstić information content (AvgIpc) is 2.22. The van der Waals surface area contributed by atoms with Crippen molar-refractivity contribution in [2.75, 3.05) is 5.73 Å². The summed E-state index contributed by atoms with van der Waals surface area (Å²) in [7, 11) is 0. The van der Waals surface area contributed by atoms with E-state index in [1.54, 1.807) is 6.20 Å². The Morgan fingerprint density at radius 2 is 2.07 bits per heavy atom. The summed E-state index contributed by atoms with van der Waals surface area (Å²) in [6, 6.07) is 1.88. The zero-order valence-electron chi connectivity index (χ0n) is 9.16. The van der Waals surface area contributed by atoms with Crippen LogP contribution in [0, 0.1) is 5.92 Å². The van der Waals surface area contributed by atoms with Crippen molar-refractivity contribution in [1.29, 1.82) is 0 Å². The first-order valence-electron chi connectivity index (χ1n) is 5.46. The van der Waals surface area contributed by atoms with Gasteiger partial charge in [0.25, 0.3) is 0 Å². The summed E-state index contributed by atoms with van der Waals surface area (Å²) in [5.74, 6) is 0.828. The van der Waals surface area contributed by atoms with E-state index in [9.17, 15) is 0 Å². The number of anilines is 1. The Morgan fingerprint density at radius 1 is 1.36 bits per heavy atom. The summed E-state index contributed by atoms with van der Waals surface area (Å²) in [5.41, 5.74) is 7.92. The van der Waals surface area contributed by atoms with E-state index in [1.807, 2.05) is 12.3 Å². The predicted octanol–water partition coefficient (Wildman–Crippen LogP) is 3.03. The van der Waals surface area contributed by atoms with Crippen LogP contribution < -0.4 is 5.73 Å². The first-order valence-corrected chi connectivity index (χ1v) is 5.46. The number of nitrogen functional groups attached to an aromatic ring is 1. The van der Waals surface area contributed by atoms with E-state index < -0.39 is 0 Å². The van der Waals surface area contributed by atoms with Crippen LogP contribution in [0.25, 0.3) is 0 Å². The maximum atomic E-state index is 5.85. The highest BCUT2D eigenvalue weighted by molar-refractivity contribution is 5.44. The van der Waals surface area contributed by atoms with Gasteiger partial charge in [-0.15, -0.1) is 0 Å². The van der Waals surface area contributed by atoms with Crippen molar-refractivity contribution in [2.24, 2.45) is 5.92 Å². The lowest BCUT2D eigenvalue weighted by molar-refractivity contribution is 0.456. The number of hydrogen-bond donors (Lipinski definition) is 1.